The molecule has 2 atom stereocenters. The Morgan fingerprint density at radius 1 is 0.794 bits per heavy atom. The van der Waals surface area contributed by atoms with Crippen LogP contribution in [0.2, 0.25) is 5.02 Å². The molecular weight excluding hydrogens is 446 g/mol. The fourth-order valence-corrected chi connectivity index (χ4v) is 4.34. The van der Waals surface area contributed by atoms with E-state index in [0.29, 0.717) is 11.6 Å². The summed E-state index contributed by atoms with van der Waals surface area (Å²) in [5.74, 6) is 0.861. The predicted octanol–water partition coefficient (Wildman–Crippen LogP) is 7.00. The van der Waals surface area contributed by atoms with Crippen LogP contribution >= 0.6 is 11.6 Å². The summed E-state index contributed by atoms with van der Waals surface area (Å²) in [4.78, 5) is 8.16. The molecular formula is C28H24ClN3O2. The van der Waals surface area contributed by atoms with Crippen LogP contribution in [-0.2, 0) is 4.84 Å². The quantitative estimate of drug-likeness (QED) is 0.319. The number of nitrogens with one attached hydrogen (secondary N) is 1. The van der Waals surface area contributed by atoms with Gasteiger partial charge in [-0.2, -0.15) is 0 Å². The molecule has 6 heteroatoms. The molecule has 0 amide bonds. The van der Waals surface area contributed by atoms with Crippen LogP contribution in [0.5, 0.6) is 5.75 Å². The summed E-state index contributed by atoms with van der Waals surface area (Å²) in [6, 6.07) is 35.0. The van der Waals surface area contributed by atoms with Crippen LogP contribution in [0.25, 0.3) is 0 Å². The van der Waals surface area contributed by atoms with Crippen molar-refractivity contribution < 1.29 is 9.94 Å². The predicted molar refractivity (Wildman–Crippen MR) is 138 cm³/mol. The van der Waals surface area contributed by atoms with Crippen molar-refractivity contribution in [2.24, 2.45) is 11.1 Å². The molecule has 0 aliphatic carbocycles. The minimum atomic E-state index is -0.333. The number of benzene rings is 4. The van der Waals surface area contributed by atoms with E-state index in [1.807, 2.05) is 72.8 Å². The number of phenolic OH excluding ortho intramolecular Hbond substituents is 1. The minimum absolute atomic E-state index is 0.138. The maximum Gasteiger partial charge on any atom is 0.164 e. The van der Waals surface area contributed by atoms with Crippen LogP contribution in [0.4, 0.5) is 17.1 Å². The maximum absolute atomic E-state index is 9.78. The zero-order valence-electron chi connectivity index (χ0n) is 18.4. The summed E-state index contributed by atoms with van der Waals surface area (Å²) in [5, 5.41) is 18.5. The Labute approximate surface area is 203 Å². The van der Waals surface area contributed by atoms with E-state index in [9.17, 15) is 5.11 Å². The van der Waals surface area contributed by atoms with Crippen LogP contribution in [0.1, 0.15) is 11.7 Å². The first-order valence-electron chi connectivity index (χ1n) is 11.1. The van der Waals surface area contributed by atoms with Crippen molar-refractivity contribution in [2.75, 3.05) is 16.8 Å². The molecule has 2 unspecified atom stereocenters. The van der Waals surface area contributed by atoms with Crippen LogP contribution in [0.15, 0.2) is 114 Å². The van der Waals surface area contributed by atoms with Gasteiger partial charge >= 0.3 is 0 Å². The van der Waals surface area contributed by atoms with Gasteiger partial charge in [0.15, 0.2) is 11.9 Å². The van der Waals surface area contributed by atoms with Crippen molar-refractivity contribution in [1.29, 1.82) is 0 Å². The van der Waals surface area contributed by atoms with Gasteiger partial charge in [-0.25, -0.2) is 0 Å². The average Bonchev–Trinajstić information content (AvgIpc) is 3.29. The van der Waals surface area contributed by atoms with Crippen LogP contribution in [-0.4, -0.2) is 17.5 Å². The molecule has 5 rings (SSSR count). The Hall–Kier alpha value is -3.96. The molecule has 0 aromatic heterocycles. The number of halogens is 1. The van der Waals surface area contributed by atoms with Gasteiger partial charge in [-0.05, 0) is 54.1 Å². The van der Waals surface area contributed by atoms with Crippen molar-refractivity contribution in [3.63, 3.8) is 0 Å². The molecule has 2 N–H and O–H groups in total. The first kappa shape index (κ1) is 21.9. The summed E-state index contributed by atoms with van der Waals surface area (Å²) in [6.45, 7) is 0.546. The smallest absolute Gasteiger partial charge is 0.164 e. The van der Waals surface area contributed by atoms with E-state index in [-0.39, 0.29) is 17.8 Å². The highest BCUT2D eigenvalue weighted by molar-refractivity contribution is 6.33. The Balaban J connectivity index is 1.54. The fourth-order valence-electron chi connectivity index (χ4n) is 4.14. The van der Waals surface area contributed by atoms with Crippen LogP contribution in [0, 0.1) is 5.92 Å². The number of aromatic hydroxyl groups is 1. The molecule has 4 aromatic rings. The van der Waals surface area contributed by atoms with Crippen molar-refractivity contribution in [2.45, 2.75) is 6.10 Å². The Bertz CT molecular complexity index is 1220. The van der Waals surface area contributed by atoms with E-state index in [1.165, 1.54) is 0 Å². The molecule has 1 aliphatic heterocycles. The normalized spacial score (nSPS) is 17.0. The van der Waals surface area contributed by atoms with Gasteiger partial charge in [0, 0.05) is 17.9 Å². The highest BCUT2D eigenvalue weighted by Crippen LogP contribution is 2.39. The summed E-state index contributed by atoms with van der Waals surface area (Å²) in [6.07, 6.45) is -0.333. The molecule has 1 heterocycles. The van der Waals surface area contributed by atoms with Crippen molar-refractivity contribution >= 4 is 34.5 Å². The second kappa shape index (κ2) is 9.89. The van der Waals surface area contributed by atoms with E-state index in [0.717, 1.165) is 28.5 Å². The number of para-hydroxylation sites is 3. The first-order valence-corrected chi connectivity index (χ1v) is 11.5. The fraction of sp³-hybridized carbons (Fsp3) is 0.107. The number of phenols is 1. The third kappa shape index (κ3) is 4.56. The number of hydrogen-bond donors (Lipinski definition) is 2. The molecule has 34 heavy (non-hydrogen) atoms. The Morgan fingerprint density at radius 3 is 2.00 bits per heavy atom. The summed E-state index contributed by atoms with van der Waals surface area (Å²) < 4.78 is 0. The van der Waals surface area contributed by atoms with Crippen molar-refractivity contribution in [3.05, 3.63) is 120 Å². The van der Waals surface area contributed by atoms with E-state index in [4.69, 9.17) is 16.4 Å². The molecule has 0 spiro atoms. The molecule has 0 saturated carbocycles. The largest absolute Gasteiger partial charge is 0.508 e. The van der Waals surface area contributed by atoms with Gasteiger partial charge in [-0.15, -0.1) is 0 Å². The van der Waals surface area contributed by atoms with Crippen molar-refractivity contribution in [3.8, 4) is 5.75 Å². The number of hydrogen-bond acceptors (Lipinski definition) is 5. The van der Waals surface area contributed by atoms with Crippen LogP contribution < -0.4 is 10.2 Å². The standard InChI is InChI=1S/C28H24ClN3O2/c29-25-13-7-8-14-26(25)30-19-24-27(20-15-17-23(33)18-16-20)34-31-28(24)32(21-9-3-1-4-10-21)22-11-5-2-6-12-22/h1-18,24,27,30,33H,19H2. The molecule has 4 aromatic carbocycles. The summed E-state index contributed by atoms with van der Waals surface area (Å²) >= 11 is 6.41. The van der Waals surface area contributed by atoms with Gasteiger partial charge in [0.05, 0.1) is 16.6 Å². The third-order valence-corrected chi connectivity index (χ3v) is 6.15. The topological polar surface area (TPSA) is 57.1 Å². The molecule has 0 fully saturated rings. The summed E-state index contributed by atoms with van der Waals surface area (Å²) in [7, 11) is 0. The second-order valence-electron chi connectivity index (χ2n) is 8.04. The zero-order valence-corrected chi connectivity index (χ0v) is 19.1. The van der Waals surface area contributed by atoms with Gasteiger partial charge < -0.3 is 15.3 Å². The molecule has 0 saturated heterocycles. The van der Waals surface area contributed by atoms with E-state index >= 15 is 0 Å². The van der Waals surface area contributed by atoms with E-state index in [1.54, 1.807) is 12.1 Å². The molecule has 0 radical (unpaired) electrons. The monoisotopic (exact) mass is 469 g/mol. The van der Waals surface area contributed by atoms with Gasteiger partial charge in [0.1, 0.15) is 5.75 Å². The van der Waals surface area contributed by atoms with Crippen molar-refractivity contribution in [1.82, 2.24) is 0 Å². The van der Waals surface area contributed by atoms with Gasteiger partial charge in [0.2, 0.25) is 0 Å². The number of amidine groups is 1. The number of anilines is 3. The van der Waals surface area contributed by atoms with Gasteiger partial charge in [-0.3, -0.25) is 4.90 Å². The lowest BCUT2D eigenvalue weighted by molar-refractivity contribution is 0.0640. The van der Waals surface area contributed by atoms with Crippen LogP contribution in [0.3, 0.4) is 0 Å². The lowest BCUT2D eigenvalue weighted by atomic mass is 9.93. The molecule has 170 valence electrons. The molecule has 5 nitrogen and oxygen atoms in total. The lowest BCUT2D eigenvalue weighted by Crippen LogP contribution is -2.36. The summed E-state index contributed by atoms with van der Waals surface area (Å²) in [5.41, 5.74) is 3.77. The highest BCUT2D eigenvalue weighted by Gasteiger charge is 2.39. The number of nitrogens with zero attached hydrogens (tertiary/aromatic N) is 2. The molecule has 0 bridgehead atoms. The Kier molecular flexibility index (Phi) is 6.36. The maximum atomic E-state index is 9.78. The van der Waals surface area contributed by atoms with E-state index < -0.39 is 0 Å². The zero-order chi connectivity index (χ0) is 23.3. The van der Waals surface area contributed by atoms with Gasteiger partial charge in [-0.1, -0.05) is 77.4 Å². The molecule has 1 aliphatic rings. The SMILES string of the molecule is Oc1ccc(C2ON=C(N(c3ccccc3)c3ccccc3)C2CNc2ccccc2Cl)cc1. The van der Waals surface area contributed by atoms with Gasteiger partial charge in [0.25, 0.3) is 0 Å². The average molecular weight is 470 g/mol. The lowest BCUT2D eigenvalue weighted by Gasteiger charge is -2.29. The minimum Gasteiger partial charge on any atom is -0.508 e. The second-order valence-corrected chi connectivity index (χ2v) is 8.45. The van der Waals surface area contributed by atoms with E-state index in [2.05, 4.69) is 39.6 Å². The first-order chi connectivity index (χ1) is 16.7. The highest BCUT2D eigenvalue weighted by atomic mass is 35.5. The third-order valence-electron chi connectivity index (χ3n) is 5.82. The number of rotatable bonds is 6. The number of oxime groups is 1. The Morgan fingerprint density at radius 2 is 1.38 bits per heavy atom.